The number of halogens is 1. The number of hydrogen-bond donors (Lipinski definition) is 1. The third-order valence-electron chi connectivity index (χ3n) is 3.82. The van der Waals surface area contributed by atoms with Crippen LogP contribution < -0.4 is 5.73 Å². The Hall–Kier alpha value is -1.83. The van der Waals surface area contributed by atoms with Gasteiger partial charge in [-0.1, -0.05) is 39.0 Å². The average molecular weight is 271 g/mol. The van der Waals surface area contributed by atoms with Gasteiger partial charge in [0, 0.05) is 0 Å². The van der Waals surface area contributed by atoms with E-state index in [9.17, 15) is 4.39 Å². The predicted molar refractivity (Wildman–Crippen MR) is 84.4 cm³/mol. The average Bonchev–Trinajstić information content (AvgIpc) is 2.48. The van der Waals surface area contributed by atoms with Crippen molar-refractivity contribution in [2.45, 2.75) is 40.0 Å². The zero-order valence-electron chi connectivity index (χ0n) is 12.5. The number of aryl methyl sites for hydroxylation is 3. The minimum Gasteiger partial charge on any atom is -0.396 e. The van der Waals surface area contributed by atoms with E-state index in [1.54, 1.807) is 12.1 Å². The predicted octanol–water partition coefficient (Wildman–Crippen LogP) is 4.76. The second-order valence-electron chi connectivity index (χ2n) is 5.09. The molecule has 0 atom stereocenters. The molecule has 20 heavy (non-hydrogen) atoms. The van der Waals surface area contributed by atoms with Crippen molar-refractivity contribution >= 4 is 5.69 Å². The number of nitrogens with two attached hydrogens (primary N) is 1. The molecule has 0 aliphatic rings. The maximum absolute atomic E-state index is 13.8. The molecule has 0 heterocycles. The Labute approximate surface area is 120 Å². The van der Waals surface area contributed by atoms with Gasteiger partial charge in [-0.3, -0.25) is 0 Å². The van der Waals surface area contributed by atoms with Crippen molar-refractivity contribution in [2.24, 2.45) is 0 Å². The van der Waals surface area contributed by atoms with Crippen LogP contribution in [0.3, 0.4) is 0 Å². The summed E-state index contributed by atoms with van der Waals surface area (Å²) >= 11 is 0. The monoisotopic (exact) mass is 271 g/mol. The summed E-state index contributed by atoms with van der Waals surface area (Å²) in [6, 6.07) is 9.59. The summed E-state index contributed by atoms with van der Waals surface area (Å²) < 4.78 is 13.8. The van der Waals surface area contributed by atoms with Crippen LogP contribution in [0.1, 0.15) is 37.5 Å². The molecule has 2 rings (SSSR count). The number of benzene rings is 2. The van der Waals surface area contributed by atoms with Crippen molar-refractivity contribution in [1.82, 2.24) is 0 Å². The van der Waals surface area contributed by atoms with Crippen LogP contribution in [0.15, 0.2) is 30.3 Å². The van der Waals surface area contributed by atoms with Gasteiger partial charge in [-0.05, 0) is 59.2 Å². The van der Waals surface area contributed by atoms with Crippen molar-refractivity contribution < 1.29 is 4.39 Å². The standard InChI is InChI=1S/C18H22FN/c1-4-12-9-13(5-2)18(14(6-3)10-12)15-7-8-17(20)16(19)11-15/h7-11H,4-6,20H2,1-3H3. The van der Waals surface area contributed by atoms with E-state index < -0.39 is 0 Å². The Morgan fingerprint density at radius 3 is 1.95 bits per heavy atom. The van der Waals surface area contributed by atoms with E-state index in [2.05, 4.69) is 32.9 Å². The lowest BCUT2D eigenvalue weighted by molar-refractivity contribution is 0.633. The fourth-order valence-corrected chi connectivity index (χ4v) is 2.66. The van der Waals surface area contributed by atoms with Crippen molar-refractivity contribution in [3.05, 3.63) is 52.8 Å². The first-order chi connectivity index (χ1) is 9.60. The molecule has 2 aromatic rings. The highest BCUT2D eigenvalue weighted by molar-refractivity contribution is 5.73. The molecular formula is C18H22FN. The summed E-state index contributed by atoms with van der Waals surface area (Å²) in [7, 11) is 0. The molecule has 2 heteroatoms. The summed E-state index contributed by atoms with van der Waals surface area (Å²) in [4.78, 5) is 0. The molecule has 2 N–H and O–H groups in total. The Balaban J connectivity index is 2.67. The van der Waals surface area contributed by atoms with E-state index in [-0.39, 0.29) is 11.5 Å². The normalized spacial score (nSPS) is 10.8. The van der Waals surface area contributed by atoms with Gasteiger partial charge in [0.05, 0.1) is 5.69 Å². The maximum atomic E-state index is 13.8. The largest absolute Gasteiger partial charge is 0.396 e. The third kappa shape index (κ3) is 2.69. The molecule has 106 valence electrons. The first kappa shape index (κ1) is 14.6. The summed E-state index contributed by atoms with van der Waals surface area (Å²) in [5.41, 5.74) is 11.8. The van der Waals surface area contributed by atoms with Gasteiger partial charge < -0.3 is 5.73 Å². The van der Waals surface area contributed by atoms with Crippen molar-refractivity contribution in [3.8, 4) is 11.1 Å². The van der Waals surface area contributed by atoms with Gasteiger partial charge in [-0.15, -0.1) is 0 Å². The third-order valence-corrected chi connectivity index (χ3v) is 3.82. The van der Waals surface area contributed by atoms with Gasteiger partial charge in [-0.25, -0.2) is 4.39 Å². The molecule has 0 aromatic heterocycles. The van der Waals surface area contributed by atoms with Gasteiger partial charge in [-0.2, -0.15) is 0 Å². The fourth-order valence-electron chi connectivity index (χ4n) is 2.66. The van der Waals surface area contributed by atoms with E-state index in [4.69, 9.17) is 5.73 Å². The molecule has 0 spiro atoms. The lowest BCUT2D eigenvalue weighted by Crippen LogP contribution is -1.99. The summed E-state index contributed by atoms with van der Waals surface area (Å²) in [5.74, 6) is -0.342. The zero-order chi connectivity index (χ0) is 14.7. The van der Waals surface area contributed by atoms with Crippen LogP contribution in [0.4, 0.5) is 10.1 Å². The van der Waals surface area contributed by atoms with Gasteiger partial charge in [0.25, 0.3) is 0 Å². The fraction of sp³-hybridized carbons (Fsp3) is 0.333. The molecule has 0 aliphatic carbocycles. The van der Waals surface area contributed by atoms with Gasteiger partial charge >= 0.3 is 0 Å². The number of hydrogen-bond acceptors (Lipinski definition) is 1. The molecule has 1 nitrogen and oxygen atoms in total. The molecule has 0 saturated heterocycles. The molecule has 0 fully saturated rings. The number of nitrogen functional groups attached to an aromatic ring is 1. The lowest BCUT2D eigenvalue weighted by Gasteiger charge is -2.16. The molecule has 0 unspecified atom stereocenters. The van der Waals surface area contributed by atoms with Gasteiger partial charge in [0.15, 0.2) is 0 Å². The molecule has 0 radical (unpaired) electrons. The van der Waals surface area contributed by atoms with E-state index in [0.29, 0.717) is 0 Å². The smallest absolute Gasteiger partial charge is 0.146 e. The summed E-state index contributed by atoms with van der Waals surface area (Å²) in [6.45, 7) is 6.45. The highest BCUT2D eigenvalue weighted by Gasteiger charge is 2.12. The zero-order valence-corrected chi connectivity index (χ0v) is 12.5. The molecule has 0 bridgehead atoms. The first-order valence-electron chi connectivity index (χ1n) is 7.30. The Morgan fingerprint density at radius 1 is 0.900 bits per heavy atom. The van der Waals surface area contributed by atoms with Crippen molar-refractivity contribution in [2.75, 3.05) is 5.73 Å². The number of rotatable bonds is 4. The minimum absolute atomic E-state index is 0.204. The molecular weight excluding hydrogens is 249 g/mol. The van der Waals surface area contributed by atoms with Crippen molar-refractivity contribution in [3.63, 3.8) is 0 Å². The van der Waals surface area contributed by atoms with Crippen LogP contribution in [-0.4, -0.2) is 0 Å². The van der Waals surface area contributed by atoms with E-state index >= 15 is 0 Å². The first-order valence-corrected chi connectivity index (χ1v) is 7.30. The van der Waals surface area contributed by atoms with E-state index in [1.807, 2.05) is 6.07 Å². The highest BCUT2D eigenvalue weighted by atomic mass is 19.1. The van der Waals surface area contributed by atoms with Crippen LogP contribution in [0.2, 0.25) is 0 Å². The molecule has 0 saturated carbocycles. The van der Waals surface area contributed by atoms with Crippen molar-refractivity contribution in [1.29, 1.82) is 0 Å². The second-order valence-corrected chi connectivity index (χ2v) is 5.09. The maximum Gasteiger partial charge on any atom is 0.146 e. The van der Waals surface area contributed by atoms with Crippen LogP contribution in [0, 0.1) is 5.82 Å². The van der Waals surface area contributed by atoms with E-state index in [0.717, 1.165) is 24.8 Å². The van der Waals surface area contributed by atoms with Crippen LogP contribution >= 0.6 is 0 Å². The van der Waals surface area contributed by atoms with Crippen LogP contribution in [0.5, 0.6) is 0 Å². The Kier molecular flexibility index (Phi) is 4.43. The summed E-state index contributed by atoms with van der Waals surface area (Å²) in [5, 5.41) is 0. The lowest BCUT2D eigenvalue weighted by atomic mass is 9.89. The van der Waals surface area contributed by atoms with Crippen LogP contribution in [0.25, 0.3) is 11.1 Å². The summed E-state index contributed by atoms with van der Waals surface area (Å²) in [6.07, 6.45) is 2.92. The molecule has 2 aromatic carbocycles. The van der Waals surface area contributed by atoms with Crippen LogP contribution in [-0.2, 0) is 19.3 Å². The molecule has 0 amide bonds. The quantitative estimate of drug-likeness (QED) is 0.797. The second kappa shape index (κ2) is 6.08. The minimum atomic E-state index is -0.342. The Morgan fingerprint density at radius 2 is 1.50 bits per heavy atom. The highest BCUT2D eigenvalue weighted by Crippen LogP contribution is 2.32. The topological polar surface area (TPSA) is 26.0 Å². The SMILES string of the molecule is CCc1cc(CC)c(-c2ccc(N)c(F)c2)c(CC)c1. The molecule has 0 aliphatic heterocycles. The number of anilines is 1. The van der Waals surface area contributed by atoms with E-state index in [1.165, 1.54) is 22.3 Å². The van der Waals surface area contributed by atoms with Gasteiger partial charge in [0.2, 0.25) is 0 Å². The Bertz CT molecular complexity index is 592. The van der Waals surface area contributed by atoms with Gasteiger partial charge in [0.1, 0.15) is 5.82 Å².